The maximum atomic E-state index is 12.0. The first-order chi connectivity index (χ1) is 13.0. The molecule has 0 spiro atoms. The Hall–Kier alpha value is -3.22. The molecule has 0 aliphatic carbocycles. The lowest BCUT2D eigenvalue weighted by Gasteiger charge is -2.12. The highest BCUT2D eigenvalue weighted by molar-refractivity contribution is 5.94. The van der Waals surface area contributed by atoms with E-state index in [9.17, 15) is 9.59 Å². The first kappa shape index (κ1) is 20.1. The van der Waals surface area contributed by atoms with Crippen LogP contribution in [-0.4, -0.2) is 39.3 Å². The number of carbonyl (C=O) groups excluding carboxylic acids is 2. The minimum absolute atomic E-state index is 0.277. The maximum Gasteiger partial charge on any atom is 0.344 e. The van der Waals surface area contributed by atoms with Crippen molar-refractivity contribution < 1.29 is 28.5 Å². The second kappa shape index (κ2) is 10.1. The number of methoxy groups -OCH3 is 2. The van der Waals surface area contributed by atoms with Crippen LogP contribution >= 0.6 is 0 Å². The fourth-order valence-corrected chi connectivity index (χ4v) is 2.25. The predicted octanol–water partition coefficient (Wildman–Crippen LogP) is 2.83. The van der Waals surface area contributed by atoms with Gasteiger partial charge >= 0.3 is 5.97 Å². The standard InChI is InChI=1S/C20H23NO6/c1-4-14-5-7-15(8-6-14)26-13-20(23)27-12-19(22)21-17-11-16(24-2)9-10-18(17)25-3/h5-11H,4,12-13H2,1-3H3,(H,21,22). The van der Waals surface area contributed by atoms with Gasteiger partial charge in [0.25, 0.3) is 5.91 Å². The summed E-state index contributed by atoms with van der Waals surface area (Å²) in [7, 11) is 3.01. The van der Waals surface area contributed by atoms with Crippen LogP contribution in [0.2, 0.25) is 0 Å². The molecule has 2 aromatic rings. The molecule has 0 aliphatic heterocycles. The van der Waals surface area contributed by atoms with E-state index in [0.29, 0.717) is 22.9 Å². The lowest BCUT2D eigenvalue weighted by molar-refractivity contribution is -0.149. The van der Waals surface area contributed by atoms with E-state index < -0.39 is 18.5 Å². The third-order valence-electron chi connectivity index (χ3n) is 3.73. The molecule has 0 saturated carbocycles. The molecule has 27 heavy (non-hydrogen) atoms. The maximum absolute atomic E-state index is 12.0. The first-order valence-electron chi connectivity index (χ1n) is 8.45. The van der Waals surface area contributed by atoms with Crippen LogP contribution in [0.4, 0.5) is 5.69 Å². The molecule has 1 N–H and O–H groups in total. The topological polar surface area (TPSA) is 83.1 Å². The first-order valence-corrected chi connectivity index (χ1v) is 8.45. The van der Waals surface area contributed by atoms with Crippen molar-refractivity contribution in [1.82, 2.24) is 0 Å². The average Bonchev–Trinajstić information content (AvgIpc) is 2.71. The molecule has 0 heterocycles. The van der Waals surface area contributed by atoms with Gasteiger partial charge in [0.15, 0.2) is 13.2 Å². The normalized spacial score (nSPS) is 10.0. The monoisotopic (exact) mass is 373 g/mol. The van der Waals surface area contributed by atoms with Crippen LogP contribution in [0.1, 0.15) is 12.5 Å². The molecular weight excluding hydrogens is 350 g/mol. The van der Waals surface area contributed by atoms with Crippen LogP contribution in [0.3, 0.4) is 0 Å². The fraction of sp³-hybridized carbons (Fsp3) is 0.300. The number of aryl methyl sites for hydroxylation is 1. The van der Waals surface area contributed by atoms with E-state index in [1.165, 1.54) is 19.8 Å². The molecule has 144 valence electrons. The summed E-state index contributed by atoms with van der Waals surface area (Å²) in [5.74, 6) is 0.458. The molecule has 0 bridgehead atoms. The van der Waals surface area contributed by atoms with Gasteiger partial charge in [0.1, 0.15) is 17.2 Å². The summed E-state index contributed by atoms with van der Waals surface area (Å²) in [6.07, 6.45) is 0.926. The summed E-state index contributed by atoms with van der Waals surface area (Å²) in [4.78, 5) is 23.8. The molecule has 7 nitrogen and oxygen atoms in total. The molecule has 7 heteroatoms. The SMILES string of the molecule is CCc1ccc(OCC(=O)OCC(=O)Nc2cc(OC)ccc2OC)cc1. The number of carbonyl (C=O) groups is 2. The Morgan fingerprint density at radius 3 is 2.26 bits per heavy atom. The van der Waals surface area contributed by atoms with Gasteiger partial charge in [-0.3, -0.25) is 4.79 Å². The Balaban J connectivity index is 1.80. The lowest BCUT2D eigenvalue weighted by atomic mass is 10.2. The predicted molar refractivity (Wildman–Crippen MR) is 100 cm³/mol. The zero-order valence-electron chi connectivity index (χ0n) is 15.6. The molecule has 2 aromatic carbocycles. The number of rotatable bonds is 9. The van der Waals surface area contributed by atoms with Crippen molar-refractivity contribution in [3.8, 4) is 17.2 Å². The van der Waals surface area contributed by atoms with Gasteiger partial charge in [-0.05, 0) is 36.2 Å². The quantitative estimate of drug-likeness (QED) is 0.681. The number of nitrogens with one attached hydrogen (secondary N) is 1. The van der Waals surface area contributed by atoms with Crippen molar-refractivity contribution in [2.75, 3.05) is 32.8 Å². The number of esters is 1. The van der Waals surface area contributed by atoms with Crippen LogP contribution in [-0.2, 0) is 20.7 Å². The minimum Gasteiger partial charge on any atom is -0.497 e. The third-order valence-corrected chi connectivity index (χ3v) is 3.73. The van der Waals surface area contributed by atoms with E-state index in [-0.39, 0.29) is 6.61 Å². The van der Waals surface area contributed by atoms with Crippen molar-refractivity contribution in [3.05, 3.63) is 48.0 Å². The number of ether oxygens (including phenoxy) is 4. The Morgan fingerprint density at radius 2 is 1.63 bits per heavy atom. The van der Waals surface area contributed by atoms with E-state index in [1.807, 2.05) is 12.1 Å². The van der Waals surface area contributed by atoms with Gasteiger partial charge < -0.3 is 24.3 Å². The minimum atomic E-state index is -0.637. The molecule has 0 aliphatic rings. The van der Waals surface area contributed by atoms with E-state index >= 15 is 0 Å². The Morgan fingerprint density at radius 1 is 0.926 bits per heavy atom. The molecular formula is C20H23NO6. The molecule has 0 radical (unpaired) electrons. The zero-order chi connectivity index (χ0) is 19.6. The van der Waals surface area contributed by atoms with Crippen molar-refractivity contribution in [2.24, 2.45) is 0 Å². The van der Waals surface area contributed by atoms with E-state index in [0.717, 1.165) is 6.42 Å². The van der Waals surface area contributed by atoms with Crippen molar-refractivity contribution in [2.45, 2.75) is 13.3 Å². The third kappa shape index (κ3) is 6.22. The van der Waals surface area contributed by atoms with Gasteiger partial charge in [-0.15, -0.1) is 0 Å². The van der Waals surface area contributed by atoms with E-state index in [2.05, 4.69) is 12.2 Å². The van der Waals surface area contributed by atoms with Crippen LogP contribution in [0.15, 0.2) is 42.5 Å². The van der Waals surface area contributed by atoms with Crippen molar-refractivity contribution in [1.29, 1.82) is 0 Å². The summed E-state index contributed by atoms with van der Waals surface area (Å²) in [5.41, 5.74) is 1.60. The molecule has 1 amide bonds. The summed E-state index contributed by atoms with van der Waals surface area (Å²) >= 11 is 0. The van der Waals surface area contributed by atoms with Crippen molar-refractivity contribution in [3.63, 3.8) is 0 Å². The highest BCUT2D eigenvalue weighted by atomic mass is 16.6. The van der Waals surface area contributed by atoms with Gasteiger partial charge in [-0.2, -0.15) is 0 Å². The second-order valence-corrected chi connectivity index (χ2v) is 5.56. The van der Waals surface area contributed by atoms with Gasteiger partial charge in [0.2, 0.25) is 0 Å². The fourth-order valence-electron chi connectivity index (χ4n) is 2.25. The van der Waals surface area contributed by atoms with Gasteiger partial charge in [-0.25, -0.2) is 4.79 Å². The number of hydrogen-bond acceptors (Lipinski definition) is 6. The molecule has 0 aromatic heterocycles. The van der Waals surface area contributed by atoms with Gasteiger partial charge in [0.05, 0.1) is 19.9 Å². The lowest BCUT2D eigenvalue weighted by Crippen LogP contribution is -2.23. The van der Waals surface area contributed by atoms with Crippen LogP contribution in [0.5, 0.6) is 17.2 Å². The number of hydrogen-bond donors (Lipinski definition) is 1. The Labute approximate surface area is 158 Å². The number of anilines is 1. The van der Waals surface area contributed by atoms with Crippen LogP contribution in [0.25, 0.3) is 0 Å². The van der Waals surface area contributed by atoms with Gasteiger partial charge in [0, 0.05) is 6.07 Å². The highest BCUT2D eigenvalue weighted by Gasteiger charge is 2.12. The smallest absolute Gasteiger partial charge is 0.344 e. The van der Waals surface area contributed by atoms with Crippen LogP contribution in [0, 0.1) is 0 Å². The van der Waals surface area contributed by atoms with Crippen molar-refractivity contribution >= 4 is 17.6 Å². The van der Waals surface area contributed by atoms with Gasteiger partial charge in [-0.1, -0.05) is 19.1 Å². The van der Waals surface area contributed by atoms with Crippen LogP contribution < -0.4 is 19.5 Å². The molecule has 0 fully saturated rings. The number of amides is 1. The molecule has 0 saturated heterocycles. The summed E-state index contributed by atoms with van der Waals surface area (Å²) in [6.45, 7) is 1.35. The zero-order valence-corrected chi connectivity index (χ0v) is 15.6. The second-order valence-electron chi connectivity index (χ2n) is 5.56. The highest BCUT2D eigenvalue weighted by Crippen LogP contribution is 2.28. The largest absolute Gasteiger partial charge is 0.497 e. The average molecular weight is 373 g/mol. The molecule has 0 atom stereocenters. The van der Waals surface area contributed by atoms with E-state index in [4.69, 9.17) is 18.9 Å². The summed E-state index contributed by atoms with van der Waals surface area (Å²) < 4.78 is 20.6. The van der Waals surface area contributed by atoms with E-state index in [1.54, 1.807) is 30.3 Å². The Kier molecular flexibility index (Phi) is 7.49. The summed E-state index contributed by atoms with van der Waals surface area (Å²) in [5, 5.41) is 2.62. The Bertz CT molecular complexity index is 773. The molecule has 2 rings (SSSR count). The molecule has 0 unspecified atom stereocenters. The number of benzene rings is 2. The summed E-state index contributed by atoms with van der Waals surface area (Å²) in [6, 6.07) is 12.4.